The van der Waals surface area contributed by atoms with Crippen molar-refractivity contribution in [1.29, 1.82) is 0 Å². The van der Waals surface area contributed by atoms with Crippen molar-refractivity contribution in [2.45, 2.75) is 122 Å². The Kier molecular flexibility index (Phi) is 17.5. The Bertz CT molecular complexity index is 2100. The van der Waals surface area contributed by atoms with Crippen LogP contribution in [0.2, 0.25) is 0 Å². The SMILES string of the molecule is C/C=C(/C)C(OC(=O)C(C/C=C/CC(OC)C(=O)OC1C(OC)=CC2C1c1cc3c(cc1CCN2CCC)OCO3)OC(C)=O)C1CN(CCC)CCc2cc3c(cc21)OCO3.CC=O. The molecule has 0 radical (unpaired) electrons. The lowest BCUT2D eigenvalue weighted by Gasteiger charge is -2.32. The van der Waals surface area contributed by atoms with E-state index in [1.807, 2.05) is 44.2 Å². The highest BCUT2D eigenvalue weighted by atomic mass is 16.7. The highest BCUT2D eigenvalue weighted by molar-refractivity contribution is 5.79. The monoisotopic (exact) mass is 902 g/mol. The van der Waals surface area contributed by atoms with Crippen molar-refractivity contribution in [2.75, 3.05) is 60.5 Å². The zero-order chi connectivity index (χ0) is 46.6. The number of rotatable bonds is 17. The van der Waals surface area contributed by atoms with E-state index < -0.39 is 42.3 Å². The Morgan fingerprint density at radius 1 is 0.785 bits per heavy atom. The molecule has 15 nitrogen and oxygen atoms in total. The van der Waals surface area contributed by atoms with E-state index >= 15 is 0 Å². The minimum atomic E-state index is -1.22. The molecule has 0 amide bonds. The number of aldehydes is 1. The second-order valence-corrected chi connectivity index (χ2v) is 16.8. The quantitative estimate of drug-likeness (QED) is 0.0711. The molecule has 2 aromatic rings. The highest BCUT2D eigenvalue weighted by Crippen LogP contribution is 2.47. The van der Waals surface area contributed by atoms with Crippen LogP contribution in [0.1, 0.15) is 101 Å². The number of hydrogen-bond donors (Lipinski definition) is 0. The van der Waals surface area contributed by atoms with Gasteiger partial charge in [-0.2, -0.15) is 0 Å². The van der Waals surface area contributed by atoms with Gasteiger partial charge < -0.3 is 52.3 Å². The van der Waals surface area contributed by atoms with Crippen LogP contribution in [0.25, 0.3) is 0 Å². The molecule has 2 aromatic carbocycles. The standard InChI is InChI=1S/C48H62N2O12.C2H4O/c1-8-17-49-19-15-31-21-39-41(58-27-56-39)23-33(31)35(26-49)45(29(4)10-3)61-48(53)38(60-30(5)51)14-12-11-13-37(54-6)47(52)62-46-43(55-7)25-36-44(46)34-24-42-40(57-28-59-42)22-32(34)16-20-50(36)18-9-2;1-2-3/h10-12,21-25,35-38,44-46H,8-9,13-20,26-28H2,1-7H3;2H,1H3/b12-11+,29-10-;. The maximum atomic E-state index is 14.1. The van der Waals surface area contributed by atoms with Gasteiger partial charge in [0.05, 0.1) is 7.11 Å². The van der Waals surface area contributed by atoms with Crippen molar-refractivity contribution in [3.05, 3.63) is 82.2 Å². The molecule has 0 fully saturated rings. The Morgan fingerprint density at radius 2 is 1.37 bits per heavy atom. The van der Waals surface area contributed by atoms with Gasteiger partial charge in [-0.05, 0) is 118 Å². The first-order chi connectivity index (χ1) is 31.5. The normalized spacial score (nSPS) is 22.4. The lowest BCUT2D eigenvalue weighted by Crippen LogP contribution is -2.41. The van der Waals surface area contributed by atoms with Gasteiger partial charge in [-0.15, -0.1) is 0 Å². The molecule has 0 N–H and O–H groups in total. The first-order valence-electron chi connectivity index (χ1n) is 22.8. The lowest BCUT2D eigenvalue weighted by atomic mass is 9.86. The van der Waals surface area contributed by atoms with E-state index in [2.05, 4.69) is 29.7 Å². The molecule has 65 heavy (non-hydrogen) atoms. The van der Waals surface area contributed by atoms with Crippen molar-refractivity contribution >= 4 is 24.2 Å². The van der Waals surface area contributed by atoms with Crippen LogP contribution in [0.5, 0.6) is 23.0 Å². The number of fused-ring (bicyclic) bond motifs is 6. The number of benzene rings is 2. The molecule has 7 atom stereocenters. The summed E-state index contributed by atoms with van der Waals surface area (Å²) in [4.78, 5) is 54.0. The third-order valence-electron chi connectivity index (χ3n) is 12.6. The summed E-state index contributed by atoms with van der Waals surface area (Å²) in [5.41, 5.74) is 5.21. The summed E-state index contributed by atoms with van der Waals surface area (Å²) in [5.74, 6) is 1.08. The first-order valence-corrected chi connectivity index (χ1v) is 22.8. The van der Waals surface area contributed by atoms with Crippen molar-refractivity contribution in [3.8, 4) is 23.0 Å². The molecule has 354 valence electrons. The van der Waals surface area contributed by atoms with E-state index in [-0.39, 0.29) is 44.3 Å². The summed E-state index contributed by atoms with van der Waals surface area (Å²) in [6.07, 6.45) is 8.42. The van der Waals surface area contributed by atoms with Gasteiger partial charge in [-0.3, -0.25) is 9.69 Å². The van der Waals surface area contributed by atoms with Crippen molar-refractivity contribution in [1.82, 2.24) is 9.80 Å². The van der Waals surface area contributed by atoms with E-state index in [1.54, 1.807) is 19.3 Å². The fourth-order valence-electron chi connectivity index (χ4n) is 9.47. The molecule has 1 aliphatic carbocycles. The number of esters is 3. The highest BCUT2D eigenvalue weighted by Gasteiger charge is 2.47. The van der Waals surface area contributed by atoms with Gasteiger partial charge in [-0.25, -0.2) is 9.59 Å². The molecule has 4 aliphatic heterocycles. The number of ether oxygens (including phenoxy) is 9. The van der Waals surface area contributed by atoms with Crippen LogP contribution in [0.15, 0.2) is 59.9 Å². The molecule has 4 heterocycles. The molecular weight excluding hydrogens is 837 g/mol. The fourth-order valence-corrected chi connectivity index (χ4v) is 9.47. The van der Waals surface area contributed by atoms with Crippen LogP contribution in [-0.2, 0) is 55.7 Å². The van der Waals surface area contributed by atoms with E-state index in [9.17, 15) is 14.4 Å². The summed E-state index contributed by atoms with van der Waals surface area (Å²) < 4.78 is 52.8. The van der Waals surface area contributed by atoms with Crippen LogP contribution < -0.4 is 18.9 Å². The zero-order valence-corrected chi connectivity index (χ0v) is 39.1. The summed E-state index contributed by atoms with van der Waals surface area (Å²) in [6.45, 7) is 15.3. The van der Waals surface area contributed by atoms with Crippen LogP contribution >= 0.6 is 0 Å². The summed E-state index contributed by atoms with van der Waals surface area (Å²) in [7, 11) is 3.05. The average Bonchev–Trinajstić information content (AvgIpc) is 4.00. The Morgan fingerprint density at radius 3 is 1.95 bits per heavy atom. The third-order valence-corrected chi connectivity index (χ3v) is 12.6. The molecule has 7 rings (SSSR count). The van der Waals surface area contributed by atoms with Crippen LogP contribution in [-0.4, -0.2) is 125 Å². The van der Waals surface area contributed by atoms with Gasteiger partial charge in [-0.1, -0.05) is 32.1 Å². The molecule has 7 unspecified atom stereocenters. The fraction of sp³-hybridized carbons (Fsp3) is 0.560. The third kappa shape index (κ3) is 11.5. The predicted molar refractivity (Wildman–Crippen MR) is 241 cm³/mol. The Balaban J connectivity index is 0.00000227. The van der Waals surface area contributed by atoms with Gasteiger partial charge in [0.1, 0.15) is 18.1 Å². The van der Waals surface area contributed by atoms with Crippen molar-refractivity contribution in [3.63, 3.8) is 0 Å². The molecule has 0 bridgehead atoms. The summed E-state index contributed by atoms with van der Waals surface area (Å²) in [5, 5.41) is 0. The molecule has 0 saturated carbocycles. The van der Waals surface area contributed by atoms with Gasteiger partial charge in [0.15, 0.2) is 35.2 Å². The molecule has 0 saturated heterocycles. The van der Waals surface area contributed by atoms with Crippen LogP contribution in [0.4, 0.5) is 0 Å². The van der Waals surface area contributed by atoms with E-state index in [4.69, 9.17) is 47.4 Å². The molecule has 0 aromatic heterocycles. The van der Waals surface area contributed by atoms with Crippen molar-refractivity contribution < 1.29 is 61.8 Å². The molecular formula is C50H66N2O13. The smallest absolute Gasteiger partial charge is 0.348 e. The van der Waals surface area contributed by atoms with E-state index in [1.165, 1.54) is 21.0 Å². The van der Waals surface area contributed by atoms with Gasteiger partial charge in [0.2, 0.25) is 19.7 Å². The Hall–Kier alpha value is -5.38. The molecule has 5 aliphatic rings. The van der Waals surface area contributed by atoms with Crippen molar-refractivity contribution in [2.24, 2.45) is 0 Å². The number of hydrogen-bond acceptors (Lipinski definition) is 15. The molecule has 15 heteroatoms. The van der Waals surface area contributed by atoms with Gasteiger partial charge in [0.25, 0.3) is 0 Å². The average molecular weight is 903 g/mol. The van der Waals surface area contributed by atoms with Gasteiger partial charge in [0, 0.05) is 64.4 Å². The maximum Gasteiger partial charge on any atom is 0.348 e. The summed E-state index contributed by atoms with van der Waals surface area (Å²) in [6, 6.07) is 8.08. The summed E-state index contributed by atoms with van der Waals surface area (Å²) >= 11 is 0. The van der Waals surface area contributed by atoms with Gasteiger partial charge >= 0.3 is 17.9 Å². The minimum Gasteiger partial charge on any atom is -0.497 e. The van der Waals surface area contributed by atoms with E-state index in [0.29, 0.717) is 23.8 Å². The number of methoxy groups -OCH3 is 2. The number of carbonyl (C=O) groups excluding carboxylic acids is 4. The van der Waals surface area contributed by atoms with Crippen LogP contribution in [0, 0.1) is 0 Å². The molecule has 0 spiro atoms. The first kappa shape index (κ1) is 49.1. The number of allylic oxidation sites excluding steroid dienone is 1. The Labute approximate surface area is 382 Å². The topological polar surface area (TPSA) is 158 Å². The largest absolute Gasteiger partial charge is 0.497 e. The second kappa shape index (κ2) is 23.2. The number of nitrogens with zero attached hydrogens (tertiary/aromatic N) is 2. The minimum absolute atomic E-state index is 0.0243. The maximum absolute atomic E-state index is 14.1. The van der Waals surface area contributed by atoms with E-state index in [0.717, 1.165) is 97.5 Å². The lowest BCUT2D eigenvalue weighted by molar-refractivity contribution is -0.169. The van der Waals surface area contributed by atoms with Crippen LogP contribution in [0.3, 0.4) is 0 Å². The predicted octanol–water partition coefficient (Wildman–Crippen LogP) is 6.74. The number of carbonyl (C=O) groups is 4. The zero-order valence-electron chi connectivity index (χ0n) is 39.1. The second-order valence-electron chi connectivity index (χ2n) is 16.8.